The van der Waals surface area contributed by atoms with Gasteiger partial charge in [0, 0.05) is 22.6 Å². The third kappa shape index (κ3) is 4.04. The van der Waals surface area contributed by atoms with E-state index in [-0.39, 0.29) is 5.91 Å². The van der Waals surface area contributed by atoms with Gasteiger partial charge in [0.1, 0.15) is 17.3 Å². The Balaban J connectivity index is 1.62. The fourth-order valence-electron chi connectivity index (χ4n) is 2.96. The first kappa shape index (κ1) is 19.7. The van der Waals surface area contributed by atoms with Gasteiger partial charge in [0.2, 0.25) is 5.13 Å². The molecule has 0 fully saturated rings. The van der Waals surface area contributed by atoms with Crippen molar-refractivity contribution < 1.29 is 14.3 Å². The Morgan fingerprint density at radius 1 is 1.03 bits per heavy atom. The zero-order chi connectivity index (χ0) is 21.1. The number of ether oxygens (including phenoxy) is 2. The van der Waals surface area contributed by atoms with Crippen LogP contribution in [0.25, 0.3) is 16.4 Å². The van der Waals surface area contributed by atoms with Gasteiger partial charge in [-0.1, -0.05) is 18.2 Å². The lowest BCUT2D eigenvalue weighted by molar-refractivity contribution is 0.102. The van der Waals surface area contributed by atoms with E-state index in [1.807, 2.05) is 42.6 Å². The first-order chi connectivity index (χ1) is 14.6. The number of thiazole rings is 1. The summed E-state index contributed by atoms with van der Waals surface area (Å²) in [6.45, 7) is 1.87. The van der Waals surface area contributed by atoms with Crippen LogP contribution in [-0.4, -0.2) is 34.9 Å². The molecule has 1 amide bonds. The molecule has 1 N–H and O–H groups in total. The normalized spacial score (nSPS) is 10.6. The van der Waals surface area contributed by atoms with E-state index in [2.05, 4.69) is 10.4 Å². The number of nitrogens with one attached hydrogen (secondary N) is 1. The van der Waals surface area contributed by atoms with Gasteiger partial charge in [-0.05, 0) is 37.3 Å². The quantitative estimate of drug-likeness (QED) is 0.494. The largest absolute Gasteiger partial charge is 0.497 e. The number of rotatable bonds is 6. The number of anilines is 1. The van der Waals surface area contributed by atoms with Gasteiger partial charge >= 0.3 is 0 Å². The van der Waals surface area contributed by atoms with Gasteiger partial charge < -0.3 is 14.8 Å². The molecule has 0 aliphatic heterocycles. The molecule has 4 aromatic rings. The van der Waals surface area contributed by atoms with Gasteiger partial charge in [-0.2, -0.15) is 9.78 Å². The predicted octanol–water partition coefficient (Wildman–Crippen LogP) is 4.57. The van der Waals surface area contributed by atoms with Gasteiger partial charge in [0.15, 0.2) is 0 Å². The first-order valence-corrected chi connectivity index (χ1v) is 10.1. The summed E-state index contributed by atoms with van der Waals surface area (Å²) in [6.07, 6.45) is 0. The number of carbonyl (C=O) groups excluding carboxylic acids is 1. The van der Waals surface area contributed by atoms with E-state index in [1.165, 1.54) is 11.3 Å². The second-order valence-electron chi connectivity index (χ2n) is 6.52. The van der Waals surface area contributed by atoms with Crippen LogP contribution in [0.5, 0.6) is 11.5 Å². The van der Waals surface area contributed by atoms with Crippen molar-refractivity contribution in [3.05, 3.63) is 71.2 Å². The Labute approximate surface area is 177 Å². The highest BCUT2D eigenvalue weighted by Gasteiger charge is 2.16. The van der Waals surface area contributed by atoms with Crippen molar-refractivity contribution in [2.45, 2.75) is 6.92 Å². The summed E-state index contributed by atoms with van der Waals surface area (Å²) in [7, 11) is 3.20. The lowest BCUT2D eigenvalue weighted by Gasteiger charge is -2.07. The summed E-state index contributed by atoms with van der Waals surface area (Å²) in [5.41, 5.74) is 3.03. The molecule has 0 saturated heterocycles. The third-order valence-corrected chi connectivity index (χ3v) is 5.26. The first-order valence-electron chi connectivity index (χ1n) is 9.20. The van der Waals surface area contributed by atoms with Gasteiger partial charge in [-0.15, -0.1) is 11.3 Å². The number of carbonyl (C=O) groups is 1. The van der Waals surface area contributed by atoms with Crippen LogP contribution in [0.2, 0.25) is 0 Å². The van der Waals surface area contributed by atoms with Gasteiger partial charge in [-0.25, -0.2) is 4.98 Å². The number of aryl methyl sites for hydroxylation is 1. The molecule has 7 nitrogen and oxygen atoms in total. The number of hydrogen-bond acceptors (Lipinski definition) is 6. The van der Waals surface area contributed by atoms with E-state index in [0.717, 1.165) is 22.7 Å². The van der Waals surface area contributed by atoms with E-state index in [1.54, 1.807) is 43.2 Å². The smallest absolute Gasteiger partial charge is 0.256 e. The van der Waals surface area contributed by atoms with Gasteiger partial charge in [0.05, 0.1) is 25.6 Å². The lowest BCUT2D eigenvalue weighted by Crippen LogP contribution is -2.15. The molecule has 2 aromatic carbocycles. The maximum atomic E-state index is 12.7. The molecule has 0 bridgehead atoms. The second-order valence-corrected chi connectivity index (χ2v) is 7.35. The highest BCUT2D eigenvalue weighted by molar-refractivity contribution is 7.12. The fraction of sp³-hybridized carbons (Fsp3) is 0.136. The molecule has 0 radical (unpaired) electrons. The minimum absolute atomic E-state index is 0.250. The van der Waals surface area contributed by atoms with Crippen molar-refractivity contribution in [2.75, 3.05) is 19.5 Å². The summed E-state index contributed by atoms with van der Waals surface area (Å²) in [5, 5.41) is 10.0. The maximum Gasteiger partial charge on any atom is 0.256 e. The molecule has 152 valence electrons. The summed E-state index contributed by atoms with van der Waals surface area (Å²) < 4.78 is 12.1. The van der Waals surface area contributed by atoms with Gasteiger partial charge in [0.25, 0.3) is 5.91 Å². The molecule has 0 unspecified atom stereocenters. The zero-order valence-corrected chi connectivity index (χ0v) is 17.6. The maximum absolute atomic E-state index is 12.7. The van der Waals surface area contributed by atoms with Crippen LogP contribution in [0.3, 0.4) is 0 Å². The van der Waals surface area contributed by atoms with Crippen molar-refractivity contribution in [2.24, 2.45) is 0 Å². The summed E-state index contributed by atoms with van der Waals surface area (Å²) in [4.78, 5) is 17.4. The van der Waals surface area contributed by atoms with Crippen LogP contribution in [0.15, 0.2) is 60.0 Å². The van der Waals surface area contributed by atoms with E-state index in [0.29, 0.717) is 22.3 Å². The van der Waals surface area contributed by atoms with E-state index in [9.17, 15) is 4.79 Å². The average Bonchev–Trinajstić information content (AvgIpc) is 3.40. The Kier molecular flexibility index (Phi) is 5.49. The van der Waals surface area contributed by atoms with Crippen molar-refractivity contribution in [1.29, 1.82) is 0 Å². The van der Waals surface area contributed by atoms with Crippen molar-refractivity contribution in [1.82, 2.24) is 14.8 Å². The number of benzene rings is 2. The minimum atomic E-state index is -0.250. The average molecular weight is 420 g/mol. The van der Waals surface area contributed by atoms with Crippen LogP contribution in [-0.2, 0) is 0 Å². The zero-order valence-electron chi connectivity index (χ0n) is 16.7. The van der Waals surface area contributed by atoms with Crippen LogP contribution in [0.4, 0.5) is 5.82 Å². The molecule has 4 rings (SSSR count). The van der Waals surface area contributed by atoms with Crippen LogP contribution < -0.4 is 14.8 Å². The number of nitrogens with zero attached hydrogens (tertiary/aromatic N) is 3. The van der Waals surface area contributed by atoms with Crippen LogP contribution >= 0.6 is 11.3 Å². The molecular weight excluding hydrogens is 400 g/mol. The Bertz CT molecular complexity index is 1200. The Morgan fingerprint density at radius 2 is 1.77 bits per heavy atom. The number of aromatic nitrogens is 3. The molecule has 30 heavy (non-hydrogen) atoms. The summed E-state index contributed by atoms with van der Waals surface area (Å²) in [6, 6.07) is 16.5. The number of hydrogen-bond donors (Lipinski definition) is 1. The standard InChI is InChI=1S/C22H20N4O3S/c1-14-10-20(24-21(27)16-7-5-9-18(12-16)29-3)26(25-14)22-23-19(13-30-22)15-6-4-8-17(11-15)28-2/h4-13H,1-3H3,(H,24,27). The van der Waals surface area contributed by atoms with Crippen molar-refractivity contribution in [3.8, 4) is 27.9 Å². The predicted molar refractivity (Wildman–Crippen MR) is 117 cm³/mol. The molecule has 0 aliphatic rings. The van der Waals surface area contributed by atoms with E-state index in [4.69, 9.17) is 14.5 Å². The third-order valence-electron chi connectivity index (χ3n) is 4.44. The summed E-state index contributed by atoms with van der Waals surface area (Å²) in [5.74, 6) is 1.69. The number of methoxy groups -OCH3 is 2. The molecular formula is C22H20N4O3S. The molecule has 0 saturated carbocycles. The lowest BCUT2D eigenvalue weighted by atomic mass is 10.2. The van der Waals surface area contributed by atoms with Crippen LogP contribution in [0, 0.1) is 6.92 Å². The summed E-state index contributed by atoms with van der Waals surface area (Å²) >= 11 is 1.44. The highest BCUT2D eigenvalue weighted by atomic mass is 32.1. The number of amides is 1. The Hall–Kier alpha value is -3.65. The topological polar surface area (TPSA) is 78.3 Å². The fourth-order valence-corrected chi connectivity index (χ4v) is 3.76. The molecule has 2 heterocycles. The molecule has 8 heteroatoms. The minimum Gasteiger partial charge on any atom is -0.497 e. The molecule has 2 aromatic heterocycles. The highest BCUT2D eigenvalue weighted by Crippen LogP contribution is 2.28. The van der Waals surface area contributed by atoms with E-state index < -0.39 is 0 Å². The SMILES string of the molecule is COc1cccc(C(=O)Nc2cc(C)nn2-c2nc(-c3cccc(OC)c3)cs2)c1. The monoisotopic (exact) mass is 420 g/mol. The van der Waals surface area contributed by atoms with E-state index >= 15 is 0 Å². The van der Waals surface area contributed by atoms with Crippen LogP contribution in [0.1, 0.15) is 16.1 Å². The van der Waals surface area contributed by atoms with Gasteiger partial charge in [-0.3, -0.25) is 4.79 Å². The molecule has 0 spiro atoms. The van der Waals surface area contributed by atoms with Crippen molar-refractivity contribution >= 4 is 23.1 Å². The van der Waals surface area contributed by atoms with Crippen molar-refractivity contribution in [3.63, 3.8) is 0 Å². The molecule has 0 aliphatic carbocycles. The second kappa shape index (κ2) is 8.38. The molecule has 0 atom stereocenters. The Morgan fingerprint density at radius 3 is 2.53 bits per heavy atom.